The van der Waals surface area contributed by atoms with Crippen molar-refractivity contribution < 1.29 is 0 Å². The van der Waals surface area contributed by atoms with Gasteiger partial charge in [0, 0.05) is 11.7 Å². The van der Waals surface area contributed by atoms with E-state index in [4.69, 9.17) is 0 Å². The van der Waals surface area contributed by atoms with Crippen molar-refractivity contribution in [2.45, 2.75) is 39.2 Å². The van der Waals surface area contributed by atoms with Crippen molar-refractivity contribution in [3.8, 4) is 0 Å². The van der Waals surface area contributed by atoms with E-state index < -0.39 is 0 Å². The van der Waals surface area contributed by atoms with Crippen molar-refractivity contribution in [1.82, 2.24) is 15.3 Å². The van der Waals surface area contributed by atoms with Crippen LogP contribution in [0.5, 0.6) is 0 Å². The first-order valence-corrected chi connectivity index (χ1v) is 5.36. The lowest BCUT2D eigenvalue weighted by atomic mass is 10.0. The standard InChI is InChI=1S/C11H17N3/c1-3-9-8(2)11(14-7-13-9)10-5-4-6-12-10/h7,10,12H,3-6H2,1-2H3. The molecule has 76 valence electrons. The Kier molecular flexibility index (Phi) is 2.77. The van der Waals surface area contributed by atoms with Crippen LogP contribution in [0.4, 0.5) is 0 Å². The van der Waals surface area contributed by atoms with Crippen LogP contribution in [0.25, 0.3) is 0 Å². The number of nitrogens with one attached hydrogen (secondary N) is 1. The normalized spacial score (nSPS) is 21.4. The van der Waals surface area contributed by atoms with Gasteiger partial charge in [-0.25, -0.2) is 9.97 Å². The second kappa shape index (κ2) is 4.05. The second-order valence-electron chi connectivity index (χ2n) is 3.83. The first kappa shape index (κ1) is 9.59. The van der Waals surface area contributed by atoms with Crippen LogP contribution in [-0.4, -0.2) is 16.5 Å². The Morgan fingerprint density at radius 3 is 3.00 bits per heavy atom. The molecule has 1 atom stereocenters. The van der Waals surface area contributed by atoms with Gasteiger partial charge in [-0.2, -0.15) is 0 Å². The van der Waals surface area contributed by atoms with E-state index in [0.717, 1.165) is 13.0 Å². The minimum atomic E-state index is 0.461. The SMILES string of the molecule is CCc1ncnc(C2CCCN2)c1C. The molecule has 0 amide bonds. The van der Waals surface area contributed by atoms with Crippen molar-refractivity contribution in [3.63, 3.8) is 0 Å². The van der Waals surface area contributed by atoms with Crippen molar-refractivity contribution >= 4 is 0 Å². The third-order valence-electron chi connectivity index (χ3n) is 2.95. The molecule has 1 unspecified atom stereocenters. The predicted molar refractivity (Wildman–Crippen MR) is 56.1 cm³/mol. The summed E-state index contributed by atoms with van der Waals surface area (Å²) in [7, 11) is 0. The van der Waals surface area contributed by atoms with Crippen LogP contribution in [0.15, 0.2) is 6.33 Å². The average molecular weight is 191 g/mol. The van der Waals surface area contributed by atoms with Crippen LogP contribution in [-0.2, 0) is 6.42 Å². The molecule has 1 fully saturated rings. The largest absolute Gasteiger partial charge is 0.309 e. The van der Waals surface area contributed by atoms with Crippen molar-refractivity contribution in [2.75, 3.05) is 6.54 Å². The van der Waals surface area contributed by atoms with E-state index in [1.165, 1.54) is 29.8 Å². The smallest absolute Gasteiger partial charge is 0.116 e. The first-order valence-electron chi connectivity index (χ1n) is 5.36. The third kappa shape index (κ3) is 1.64. The summed E-state index contributed by atoms with van der Waals surface area (Å²) < 4.78 is 0. The molecule has 1 saturated heterocycles. The lowest BCUT2D eigenvalue weighted by Gasteiger charge is -2.13. The molecule has 14 heavy (non-hydrogen) atoms. The Balaban J connectivity index is 2.32. The van der Waals surface area contributed by atoms with Gasteiger partial charge >= 0.3 is 0 Å². The van der Waals surface area contributed by atoms with Crippen LogP contribution in [0.1, 0.15) is 42.8 Å². The Bertz CT molecular complexity index is 316. The molecule has 1 aromatic rings. The van der Waals surface area contributed by atoms with Crippen molar-refractivity contribution in [3.05, 3.63) is 23.3 Å². The number of rotatable bonds is 2. The minimum absolute atomic E-state index is 0.461. The second-order valence-corrected chi connectivity index (χ2v) is 3.83. The quantitative estimate of drug-likeness (QED) is 0.774. The van der Waals surface area contributed by atoms with E-state index in [-0.39, 0.29) is 0 Å². The monoisotopic (exact) mass is 191 g/mol. The van der Waals surface area contributed by atoms with Crippen LogP contribution in [0, 0.1) is 6.92 Å². The Morgan fingerprint density at radius 1 is 1.50 bits per heavy atom. The summed E-state index contributed by atoms with van der Waals surface area (Å²) >= 11 is 0. The number of nitrogens with zero attached hydrogens (tertiary/aromatic N) is 2. The molecule has 0 aromatic carbocycles. The van der Waals surface area contributed by atoms with E-state index in [1.54, 1.807) is 6.33 Å². The zero-order valence-corrected chi connectivity index (χ0v) is 8.88. The zero-order valence-electron chi connectivity index (χ0n) is 8.88. The third-order valence-corrected chi connectivity index (χ3v) is 2.95. The van der Waals surface area contributed by atoms with E-state index in [1.807, 2.05) is 0 Å². The van der Waals surface area contributed by atoms with Gasteiger partial charge in [0.25, 0.3) is 0 Å². The molecule has 0 radical (unpaired) electrons. The molecule has 1 aromatic heterocycles. The Labute approximate surface area is 85.0 Å². The highest BCUT2D eigenvalue weighted by molar-refractivity contribution is 5.26. The molecule has 3 nitrogen and oxygen atoms in total. The fourth-order valence-electron chi connectivity index (χ4n) is 2.13. The number of aryl methyl sites for hydroxylation is 1. The summed E-state index contributed by atoms with van der Waals surface area (Å²) in [6, 6.07) is 0.461. The molecule has 1 aliphatic heterocycles. The Hall–Kier alpha value is -0.960. The van der Waals surface area contributed by atoms with Crippen LogP contribution in [0.2, 0.25) is 0 Å². The lowest BCUT2D eigenvalue weighted by molar-refractivity contribution is 0.617. The number of hydrogen-bond donors (Lipinski definition) is 1. The lowest BCUT2D eigenvalue weighted by Crippen LogP contribution is -2.16. The van der Waals surface area contributed by atoms with E-state index in [0.29, 0.717) is 6.04 Å². The summed E-state index contributed by atoms with van der Waals surface area (Å²) in [6.07, 6.45) is 5.16. The molecule has 0 bridgehead atoms. The Morgan fingerprint density at radius 2 is 2.36 bits per heavy atom. The van der Waals surface area contributed by atoms with E-state index in [2.05, 4.69) is 29.1 Å². The highest BCUT2D eigenvalue weighted by Gasteiger charge is 2.20. The zero-order chi connectivity index (χ0) is 9.97. The van der Waals surface area contributed by atoms with Gasteiger partial charge < -0.3 is 5.32 Å². The molecular formula is C11H17N3. The maximum absolute atomic E-state index is 4.40. The van der Waals surface area contributed by atoms with Gasteiger partial charge in [-0.1, -0.05) is 6.92 Å². The maximum atomic E-state index is 4.40. The topological polar surface area (TPSA) is 37.8 Å². The fraction of sp³-hybridized carbons (Fsp3) is 0.636. The van der Waals surface area contributed by atoms with Gasteiger partial charge in [0.05, 0.1) is 5.69 Å². The van der Waals surface area contributed by atoms with Crippen molar-refractivity contribution in [1.29, 1.82) is 0 Å². The molecule has 2 rings (SSSR count). The molecule has 0 aliphatic carbocycles. The molecule has 2 heterocycles. The molecule has 1 N–H and O–H groups in total. The number of aromatic nitrogens is 2. The van der Waals surface area contributed by atoms with E-state index >= 15 is 0 Å². The fourth-order valence-corrected chi connectivity index (χ4v) is 2.13. The number of hydrogen-bond acceptors (Lipinski definition) is 3. The van der Waals surface area contributed by atoms with Crippen molar-refractivity contribution in [2.24, 2.45) is 0 Å². The molecular weight excluding hydrogens is 174 g/mol. The molecule has 3 heteroatoms. The molecule has 0 saturated carbocycles. The highest BCUT2D eigenvalue weighted by Crippen LogP contribution is 2.24. The predicted octanol–water partition coefficient (Wildman–Crippen LogP) is 1.77. The van der Waals surface area contributed by atoms with Crippen LogP contribution >= 0.6 is 0 Å². The summed E-state index contributed by atoms with van der Waals surface area (Å²) in [5, 5.41) is 3.47. The summed E-state index contributed by atoms with van der Waals surface area (Å²) in [4.78, 5) is 8.69. The molecule has 0 spiro atoms. The van der Waals surface area contributed by atoms with Gasteiger partial charge in [-0.05, 0) is 38.3 Å². The molecule has 1 aliphatic rings. The minimum Gasteiger partial charge on any atom is -0.309 e. The summed E-state index contributed by atoms with van der Waals surface area (Å²) in [5.41, 5.74) is 3.66. The van der Waals surface area contributed by atoms with E-state index in [9.17, 15) is 0 Å². The summed E-state index contributed by atoms with van der Waals surface area (Å²) in [6.45, 7) is 5.39. The summed E-state index contributed by atoms with van der Waals surface area (Å²) in [5.74, 6) is 0. The van der Waals surface area contributed by atoms with Gasteiger partial charge in [0.1, 0.15) is 6.33 Å². The average Bonchev–Trinajstić information content (AvgIpc) is 2.71. The van der Waals surface area contributed by atoms with Gasteiger partial charge in [0.15, 0.2) is 0 Å². The van der Waals surface area contributed by atoms with Gasteiger partial charge in [-0.3, -0.25) is 0 Å². The maximum Gasteiger partial charge on any atom is 0.116 e. The van der Waals surface area contributed by atoms with Crippen LogP contribution in [0.3, 0.4) is 0 Å². The van der Waals surface area contributed by atoms with Gasteiger partial charge in [-0.15, -0.1) is 0 Å². The first-order chi connectivity index (χ1) is 6.83. The van der Waals surface area contributed by atoms with Crippen LogP contribution < -0.4 is 5.32 Å². The highest BCUT2D eigenvalue weighted by atomic mass is 15.0. The van der Waals surface area contributed by atoms with Gasteiger partial charge in [0.2, 0.25) is 0 Å².